The van der Waals surface area contributed by atoms with Crippen LogP contribution < -0.4 is 5.32 Å². The molecule has 1 heterocycles. The standard InChI is InChI=1S/C10H8F3NO/c11-10(12,13)9(6-14-9)8-3-1-7(5-15)2-4-8/h1-5,14H,6H2. The normalized spacial score (nSPS) is 25.0. The first-order valence-electron chi connectivity index (χ1n) is 4.37. The van der Waals surface area contributed by atoms with Gasteiger partial charge in [0.05, 0.1) is 0 Å². The lowest BCUT2D eigenvalue weighted by molar-refractivity contribution is -0.161. The topological polar surface area (TPSA) is 39.0 Å². The lowest BCUT2D eigenvalue weighted by atomic mass is 9.97. The highest BCUT2D eigenvalue weighted by Gasteiger charge is 2.64. The van der Waals surface area contributed by atoms with Crippen molar-refractivity contribution in [1.29, 1.82) is 0 Å². The van der Waals surface area contributed by atoms with E-state index in [0.29, 0.717) is 11.8 Å². The number of halogens is 3. The van der Waals surface area contributed by atoms with Gasteiger partial charge in [-0.15, -0.1) is 0 Å². The summed E-state index contributed by atoms with van der Waals surface area (Å²) < 4.78 is 37.9. The zero-order valence-corrected chi connectivity index (χ0v) is 7.64. The largest absolute Gasteiger partial charge is 0.412 e. The Morgan fingerprint density at radius 1 is 1.27 bits per heavy atom. The van der Waals surface area contributed by atoms with Crippen LogP contribution in [0.5, 0.6) is 0 Å². The van der Waals surface area contributed by atoms with Crippen LogP contribution in [0.4, 0.5) is 13.2 Å². The molecular formula is C10H8F3NO. The third-order valence-corrected chi connectivity index (χ3v) is 2.55. The Kier molecular flexibility index (Phi) is 2.08. The molecule has 1 N–H and O–H groups in total. The molecule has 1 aromatic carbocycles. The molecule has 2 nitrogen and oxygen atoms in total. The number of benzene rings is 1. The van der Waals surface area contributed by atoms with Crippen LogP contribution in [0.15, 0.2) is 24.3 Å². The maximum absolute atomic E-state index is 12.6. The molecule has 0 aliphatic carbocycles. The Balaban J connectivity index is 2.34. The summed E-state index contributed by atoms with van der Waals surface area (Å²) in [7, 11) is 0. The Hall–Kier alpha value is -1.36. The monoisotopic (exact) mass is 215 g/mol. The van der Waals surface area contributed by atoms with Crippen molar-refractivity contribution in [2.75, 3.05) is 6.54 Å². The fourth-order valence-corrected chi connectivity index (χ4v) is 1.50. The number of rotatable bonds is 2. The highest BCUT2D eigenvalue weighted by Crippen LogP contribution is 2.45. The van der Waals surface area contributed by atoms with Crippen LogP contribution in [0.1, 0.15) is 15.9 Å². The number of carbonyl (C=O) groups is 1. The Labute approximate surface area is 84.1 Å². The lowest BCUT2D eigenvalue weighted by Crippen LogP contribution is -2.33. The minimum atomic E-state index is -4.30. The average Bonchev–Trinajstić information content (AvgIpc) is 2.98. The van der Waals surface area contributed by atoms with Gasteiger partial charge < -0.3 is 0 Å². The summed E-state index contributed by atoms with van der Waals surface area (Å²) in [5.74, 6) is 0. The molecule has 1 aromatic rings. The highest BCUT2D eigenvalue weighted by atomic mass is 19.4. The van der Waals surface area contributed by atoms with Crippen molar-refractivity contribution in [2.45, 2.75) is 11.7 Å². The molecule has 15 heavy (non-hydrogen) atoms. The maximum Gasteiger partial charge on any atom is 0.412 e. The van der Waals surface area contributed by atoms with E-state index in [9.17, 15) is 18.0 Å². The van der Waals surface area contributed by atoms with Crippen LogP contribution in [0.25, 0.3) is 0 Å². The van der Waals surface area contributed by atoms with Crippen molar-refractivity contribution in [2.24, 2.45) is 0 Å². The Morgan fingerprint density at radius 2 is 1.80 bits per heavy atom. The first kappa shape index (κ1) is 10.2. The predicted molar refractivity (Wildman–Crippen MR) is 47.6 cm³/mol. The van der Waals surface area contributed by atoms with E-state index in [4.69, 9.17) is 0 Å². The summed E-state index contributed by atoms with van der Waals surface area (Å²) in [6.45, 7) is -0.100. The van der Waals surface area contributed by atoms with Gasteiger partial charge in [0.2, 0.25) is 0 Å². The Morgan fingerprint density at radius 3 is 2.13 bits per heavy atom. The van der Waals surface area contributed by atoms with Crippen molar-refractivity contribution in [1.82, 2.24) is 5.32 Å². The number of aldehydes is 1. The zero-order valence-electron chi connectivity index (χ0n) is 7.64. The summed E-state index contributed by atoms with van der Waals surface area (Å²) in [5, 5.41) is 2.33. The third kappa shape index (κ3) is 1.52. The molecule has 0 aromatic heterocycles. The number of nitrogens with one attached hydrogen (secondary N) is 1. The summed E-state index contributed by atoms with van der Waals surface area (Å²) in [4.78, 5) is 10.3. The van der Waals surface area contributed by atoms with Crippen LogP contribution in [-0.4, -0.2) is 19.0 Å². The van der Waals surface area contributed by atoms with Crippen LogP contribution in [-0.2, 0) is 5.54 Å². The molecule has 0 amide bonds. The molecule has 5 heteroatoms. The molecule has 0 saturated carbocycles. The fourth-order valence-electron chi connectivity index (χ4n) is 1.50. The quantitative estimate of drug-likeness (QED) is 0.604. The van der Waals surface area contributed by atoms with E-state index in [1.165, 1.54) is 24.3 Å². The van der Waals surface area contributed by atoms with Gasteiger partial charge in [0.15, 0.2) is 5.54 Å². The molecule has 0 bridgehead atoms. The van der Waals surface area contributed by atoms with Crippen molar-refractivity contribution in [3.05, 3.63) is 35.4 Å². The first-order valence-corrected chi connectivity index (χ1v) is 4.37. The third-order valence-electron chi connectivity index (χ3n) is 2.55. The summed E-state index contributed by atoms with van der Waals surface area (Å²) in [6.07, 6.45) is -3.69. The van der Waals surface area contributed by atoms with E-state index in [1.807, 2.05) is 0 Å². The molecular weight excluding hydrogens is 207 g/mol. The lowest BCUT2D eigenvalue weighted by Gasteiger charge is -2.17. The summed E-state index contributed by atoms with van der Waals surface area (Å²) in [6, 6.07) is 5.43. The van der Waals surface area contributed by atoms with Crippen molar-refractivity contribution >= 4 is 6.29 Å². The molecule has 80 valence electrons. The van der Waals surface area contributed by atoms with E-state index in [2.05, 4.69) is 5.32 Å². The first-order chi connectivity index (χ1) is 6.99. The van der Waals surface area contributed by atoms with Gasteiger partial charge in [-0.2, -0.15) is 13.2 Å². The van der Waals surface area contributed by atoms with Crippen LogP contribution in [0.2, 0.25) is 0 Å². The van der Waals surface area contributed by atoms with Gasteiger partial charge in [0, 0.05) is 12.1 Å². The molecule has 0 spiro atoms. The second kappa shape index (κ2) is 3.06. The number of alkyl halides is 3. The SMILES string of the molecule is O=Cc1ccc(C2(C(F)(F)F)CN2)cc1. The van der Waals surface area contributed by atoms with Crippen molar-refractivity contribution in [3.8, 4) is 0 Å². The van der Waals surface area contributed by atoms with Crippen LogP contribution in [0, 0.1) is 0 Å². The molecule has 1 saturated heterocycles. The minimum Gasteiger partial charge on any atom is -0.298 e. The number of hydrogen-bond acceptors (Lipinski definition) is 2. The molecule has 1 fully saturated rings. The van der Waals surface area contributed by atoms with Gasteiger partial charge in [0.1, 0.15) is 6.29 Å². The van der Waals surface area contributed by atoms with Gasteiger partial charge in [0.25, 0.3) is 0 Å². The number of carbonyl (C=O) groups excluding carboxylic acids is 1. The van der Waals surface area contributed by atoms with Gasteiger partial charge in [-0.3, -0.25) is 10.1 Å². The molecule has 1 atom stereocenters. The Bertz CT molecular complexity index is 379. The van der Waals surface area contributed by atoms with Crippen molar-refractivity contribution < 1.29 is 18.0 Å². The average molecular weight is 215 g/mol. The zero-order chi connectivity index (χ0) is 11.1. The second-order valence-electron chi connectivity index (χ2n) is 3.50. The van der Waals surface area contributed by atoms with E-state index < -0.39 is 11.7 Å². The molecule has 0 radical (unpaired) electrons. The smallest absolute Gasteiger partial charge is 0.298 e. The van der Waals surface area contributed by atoms with Crippen molar-refractivity contribution in [3.63, 3.8) is 0 Å². The van der Waals surface area contributed by atoms with Gasteiger partial charge >= 0.3 is 6.18 Å². The molecule has 1 unspecified atom stereocenters. The second-order valence-corrected chi connectivity index (χ2v) is 3.50. The van der Waals surface area contributed by atoms with Gasteiger partial charge in [-0.25, -0.2) is 0 Å². The maximum atomic E-state index is 12.6. The van der Waals surface area contributed by atoms with E-state index in [1.54, 1.807) is 0 Å². The van der Waals surface area contributed by atoms with E-state index in [-0.39, 0.29) is 12.1 Å². The number of hydrogen-bond donors (Lipinski definition) is 1. The molecule has 2 rings (SSSR count). The molecule has 1 aliphatic heterocycles. The van der Waals surface area contributed by atoms with Crippen LogP contribution in [0.3, 0.4) is 0 Å². The van der Waals surface area contributed by atoms with Gasteiger partial charge in [-0.1, -0.05) is 24.3 Å². The van der Waals surface area contributed by atoms with E-state index >= 15 is 0 Å². The fraction of sp³-hybridized carbons (Fsp3) is 0.300. The van der Waals surface area contributed by atoms with Crippen LogP contribution >= 0.6 is 0 Å². The highest BCUT2D eigenvalue weighted by molar-refractivity contribution is 5.74. The minimum absolute atomic E-state index is 0.100. The van der Waals surface area contributed by atoms with E-state index in [0.717, 1.165) is 0 Å². The summed E-state index contributed by atoms with van der Waals surface area (Å²) in [5.41, 5.74) is -1.37. The summed E-state index contributed by atoms with van der Waals surface area (Å²) >= 11 is 0. The molecule has 1 aliphatic rings. The van der Waals surface area contributed by atoms with Gasteiger partial charge in [-0.05, 0) is 5.56 Å². The predicted octanol–water partition coefficient (Wildman–Crippen LogP) is 1.86.